The summed E-state index contributed by atoms with van der Waals surface area (Å²) in [6, 6.07) is 4.25. The molecule has 1 saturated heterocycles. The molecule has 1 unspecified atom stereocenters. The zero-order valence-electron chi connectivity index (χ0n) is 12.5. The number of carbonyl (C=O) groups excluding carboxylic acids is 1. The van der Waals surface area contributed by atoms with Crippen LogP contribution in [-0.2, 0) is 9.84 Å². The second-order valence-corrected chi connectivity index (χ2v) is 7.80. The Morgan fingerprint density at radius 1 is 1.45 bits per heavy atom. The van der Waals surface area contributed by atoms with Gasteiger partial charge in [-0.2, -0.15) is 0 Å². The van der Waals surface area contributed by atoms with E-state index >= 15 is 0 Å². The number of hydrogen-bond donors (Lipinski definition) is 1. The van der Waals surface area contributed by atoms with Crippen molar-refractivity contribution in [3.8, 4) is 0 Å². The standard InChI is InChI=1S/C14H19ClN2O3S.ClH/c1-16-8-10-5-6-17(9-10)14(18)12-7-11(21(2,19)20)3-4-13(12)15;/h3-4,7,10,16H,5-6,8-9H2,1-2H3;1H. The van der Waals surface area contributed by atoms with Crippen LogP contribution in [0.25, 0.3) is 0 Å². The Bertz CT molecular complexity index is 649. The van der Waals surface area contributed by atoms with Gasteiger partial charge in [0, 0.05) is 19.3 Å². The monoisotopic (exact) mass is 366 g/mol. The average molecular weight is 367 g/mol. The molecule has 124 valence electrons. The molecule has 1 atom stereocenters. The summed E-state index contributed by atoms with van der Waals surface area (Å²) in [5.74, 6) is 0.222. The smallest absolute Gasteiger partial charge is 0.255 e. The maximum Gasteiger partial charge on any atom is 0.255 e. The Balaban J connectivity index is 0.00000242. The number of rotatable bonds is 4. The van der Waals surface area contributed by atoms with E-state index in [1.54, 1.807) is 4.90 Å². The zero-order chi connectivity index (χ0) is 15.6. The Labute approximate surface area is 142 Å². The Kier molecular flexibility index (Phi) is 6.67. The molecule has 5 nitrogen and oxygen atoms in total. The van der Waals surface area contributed by atoms with Gasteiger partial charge in [0.2, 0.25) is 0 Å². The average Bonchev–Trinajstić information content (AvgIpc) is 2.86. The van der Waals surface area contributed by atoms with Gasteiger partial charge in [0.1, 0.15) is 0 Å². The van der Waals surface area contributed by atoms with E-state index in [-0.39, 0.29) is 33.8 Å². The predicted octanol–water partition coefficient (Wildman–Crippen LogP) is 1.85. The minimum Gasteiger partial charge on any atom is -0.338 e. The van der Waals surface area contributed by atoms with Crippen LogP contribution in [0.2, 0.25) is 5.02 Å². The van der Waals surface area contributed by atoms with Gasteiger partial charge in [0.05, 0.1) is 15.5 Å². The van der Waals surface area contributed by atoms with Crippen molar-refractivity contribution in [1.29, 1.82) is 0 Å². The first-order chi connectivity index (χ1) is 9.82. The zero-order valence-corrected chi connectivity index (χ0v) is 14.9. The molecule has 1 aromatic carbocycles. The first kappa shape index (κ1) is 19.2. The van der Waals surface area contributed by atoms with E-state index < -0.39 is 9.84 Å². The minimum atomic E-state index is -3.36. The molecule has 1 amide bonds. The normalized spacial score (nSPS) is 18.1. The molecule has 2 rings (SSSR count). The first-order valence-corrected chi connectivity index (χ1v) is 9.03. The Hall–Kier alpha value is -0.820. The van der Waals surface area contributed by atoms with Gasteiger partial charge in [-0.1, -0.05) is 11.6 Å². The van der Waals surface area contributed by atoms with Crippen molar-refractivity contribution in [3.63, 3.8) is 0 Å². The van der Waals surface area contributed by atoms with Crippen molar-refractivity contribution >= 4 is 39.8 Å². The van der Waals surface area contributed by atoms with Gasteiger partial charge in [-0.15, -0.1) is 12.4 Å². The Morgan fingerprint density at radius 2 is 2.14 bits per heavy atom. The maximum absolute atomic E-state index is 12.5. The molecule has 8 heteroatoms. The van der Waals surface area contributed by atoms with Gasteiger partial charge < -0.3 is 10.2 Å². The van der Waals surface area contributed by atoms with Gasteiger partial charge >= 0.3 is 0 Å². The van der Waals surface area contributed by atoms with Crippen molar-refractivity contribution in [2.75, 3.05) is 32.9 Å². The van der Waals surface area contributed by atoms with Crippen LogP contribution in [0, 0.1) is 5.92 Å². The van der Waals surface area contributed by atoms with E-state index in [0.717, 1.165) is 19.2 Å². The van der Waals surface area contributed by atoms with Crippen LogP contribution in [0.4, 0.5) is 0 Å². The molecule has 0 spiro atoms. The number of halogens is 2. The molecule has 0 aliphatic carbocycles. The lowest BCUT2D eigenvalue weighted by Gasteiger charge is -2.18. The topological polar surface area (TPSA) is 66.5 Å². The minimum absolute atomic E-state index is 0. The van der Waals surface area contributed by atoms with E-state index in [4.69, 9.17) is 11.6 Å². The molecule has 1 aliphatic heterocycles. The maximum atomic E-state index is 12.5. The quantitative estimate of drug-likeness (QED) is 0.882. The SMILES string of the molecule is CNCC1CCN(C(=O)c2cc(S(C)(=O)=O)ccc2Cl)C1.Cl. The van der Waals surface area contributed by atoms with E-state index in [9.17, 15) is 13.2 Å². The van der Waals surface area contributed by atoms with Crippen LogP contribution in [0.5, 0.6) is 0 Å². The summed E-state index contributed by atoms with van der Waals surface area (Å²) in [7, 11) is -1.47. The largest absolute Gasteiger partial charge is 0.338 e. The van der Waals surface area contributed by atoms with Crippen LogP contribution >= 0.6 is 24.0 Å². The fraction of sp³-hybridized carbons (Fsp3) is 0.500. The molecule has 1 aromatic rings. The van der Waals surface area contributed by atoms with E-state index in [2.05, 4.69) is 5.32 Å². The molecule has 0 saturated carbocycles. The van der Waals surface area contributed by atoms with Crippen LogP contribution in [0.15, 0.2) is 23.1 Å². The highest BCUT2D eigenvalue weighted by atomic mass is 35.5. The second-order valence-electron chi connectivity index (χ2n) is 5.38. The second kappa shape index (κ2) is 7.64. The fourth-order valence-corrected chi connectivity index (χ4v) is 3.39. The molecule has 1 fully saturated rings. The van der Waals surface area contributed by atoms with Gasteiger partial charge in [-0.25, -0.2) is 8.42 Å². The lowest BCUT2D eigenvalue weighted by atomic mass is 10.1. The third-order valence-electron chi connectivity index (χ3n) is 3.66. The van der Waals surface area contributed by atoms with E-state index in [1.807, 2.05) is 7.05 Å². The number of carbonyl (C=O) groups is 1. The molecule has 0 bridgehead atoms. The molecule has 1 N–H and O–H groups in total. The number of benzene rings is 1. The Morgan fingerprint density at radius 3 is 2.73 bits per heavy atom. The van der Waals surface area contributed by atoms with E-state index in [0.29, 0.717) is 19.0 Å². The van der Waals surface area contributed by atoms with Gasteiger partial charge in [-0.05, 0) is 44.1 Å². The van der Waals surface area contributed by atoms with E-state index in [1.165, 1.54) is 18.2 Å². The third kappa shape index (κ3) is 4.35. The highest BCUT2D eigenvalue weighted by Gasteiger charge is 2.28. The molecule has 22 heavy (non-hydrogen) atoms. The summed E-state index contributed by atoms with van der Waals surface area (Å²) in [5.41, 5.74) is 0.254. The number of nitrogens with zero attached hydrogens (tertiary/aromatic N) is 1. The van der Waals surface area contributed by atoms with Gasteiger partial charge in [-0.3, -0.25) is 4.79 Å². The first-order valence-electron chi connectivity index (χ1n) is 6.76. The van der Waals surface area contributed by atoms with Crippen molar-refractivity contribution < 1.29 is 13.2 Å². The van der Waals surface area contributed by atoms with Crippen LogP contribution in [0.1, 0.15) is 16.8 Å². The van der Waals surface area contributed by atoms with Crippen molar-refractivity contribution in [2.24, 2.45) is 5.92 Å². The number of amides is 1. The highest BCUT2D eigenvalue weighted by molar-refractivity contribution is 7.90. The summed E-state index contributed by atoms with van der Waals surface area (Å²) < 4.78 is 23.2. The molecule has 1 heterocycles. The lowest BCUT2D eigenvalue weighted by Crippen LogP contribution is -2.30. The van der Waals surface area contributed by atoms with Crippen molar-refractivity contribution in [2.45, 2.75) is 11.3 Å². The molecule has 0 aromatic heterocycles. The molecule has 0 radical (unpaired) electrons. The lowest BCUT2D eigenvalue weighted by molar-refractivity contribution is 0.0787. The number of likely N-dealkylation sites (tertiary alicyclic amines) is 1. The van der Waals surface area contributed by atoms with Gasteiger partial charge in [0.25, 0.3) is 5.91 Å². The predicted molar refractivity (Wildman–Crippen MR) is 89.7 cm³/mol. The summed E-state index contributed by atoms with van der Waals surface area (Å²) in [4.78, 5) is 14.4. The summed E-state index contributed by atoms with van der Waals surface area (Å²) in [5, 5.41) is 3.39. The van der Waals surface area contributed by atoms with Crippen LogP contribution < -0.4 is 5.32 Å². The molecular formula is C14H20Cl2N2O3S. The highest BCUT2D eigenvalue weighted by Crippen LogP contribution is 2.25. The summed E-state index contributed by atoms with van der Waals surface area (Å²) in [6.45, 7) is 2.20. The summed E-state index contributed by atoms with van der Waals surface area (Å²) >= 11 is 6.06. The van der Waals surface area contributed by atoms with Crippen molar-refractivity contribution in [3.05, 3.63) is 28.8 Å². The van der Waals surface area contributed by atoms with Crippen LogP contribution in [-0.4, -0.2) is 52.2 Å². The molecular weight excluding hydrogens is 347 g/mol. The number of nitrogens with one attached hydrogen (secondary N) is 1. The fourth-order valence-electron chi connectivity index (χ4n) is 2.54. The van der Waals surface area contributed by atoms with Crippen molar-refractivity contribution in [1.82, 2.24) is 10.2 Å². The third-order valence-corrected chi connectivity index (χ3v) is 5.10. The number of sulfone groups is 1. The van der Waals surface area contributed by atoms with Gasteiger partial charge in [0.15, 0.2) is 9.84 Å². The molecule has 1 aliphatic rings. The van der Waals surface area contributed by atoms with Crippen LogP contribution in [0.3, 0.4) is 0 Å². The summed E-state index contributed by atoms with van der Waals surface area (Å²) in [6.07, 6.45) is 2.05. The number of hydrogen-bond acceptors (Lipinski definition) is 4.